The van der Waals surface area contributed by atoms with Crippen LogP contribution in [0.4, 0.5) is 0 Å². The SMILES string of the molecule is Cc1c[nH]c(CSc2nnc(CCN)n2C)c(C)c1=O.Cl. The van der Waals surface area contributed by atoms with Crippen LogP contribution in [-0.2, 0) is 19.2 Å². The minimum atomic E-state index is 0. The Kier molecular flexibility index (Phi) is 6.44. The molecular formula is C13H20ClN5OS. The molecule has 0 radical (unpaired) electrons. The second kappa shape index (κ2) is 7.63. The number of nitrogens with zero attached hydrogens (tertiary/aromatic N) is 3. The summed E-state index contributed by atoms with van der Waals surface area (Å²) >= 11 is 1.55. The van der Waals surface area contributed by atoms with E-state index in [4.69, 9.17) is 5.73 Å². The molecule has 0 aliphatic rings. The van der Waals surface area contributed by atoms with Crippen LogP contribution < -0.4 is 11.2 Å². The van der Waals surface area contributed by atoms with Crippen molar-refractivity contribution < 1.29 is 0 Å². The van der Waals surface area contributed by atoms with Crippen LogP contribution in [0.3, 0.4) is 0 Å². The minimum Gasteiger partial charge on any atom is -0.364 e. The summed E-state index contributed by atoms with van der Waals surface area (Å²) in [5.41, 5.74) is 8.05. The van der Waals surface area contributed by atoms with Crippen LogP contribution in [-0.4, -0.2) is 26.3 Å². The molecule has 0 atom stereocenters. The van der Waals surface area contributed by atoms with Gasteiger partial charge in [0.2, 0.25) is 0 Å². The molecule has 6 nitrogen and oxygen atoms in total. The Labute approximate surface area is 134 Å². The van der Waals surface area contributed by atoms with Gasteiger partial charge in [0.05, 0.1) is 0 Å². The van der Waals surface area contributed by atoms with Gasteiger partial charge in [0, 0.05) is 42.2 Å². The quantitative estimate of drug-likeness (QED) is 0.808. The smallest absolute Gasteiger partial charge is 0.191 e. The number of pyridine rings is 1. The molecule has 2 aromatic rings. The van der Waals surface area contributed by atoms with E-state index in [1.165, 1.54) is 0 Å². The molecule has 0 aliphatic heterocycles. The molecule has 8 heteroatoms. The zero-order chi connectivity index (χ0) is 14.7. The first-order chi connectivity index (χ1) is 9.54. The highest BCUT2D eigenvalue weighted by Gasteiger charge is 2.11. The third-order valence-corrected chi connectivity index (χ3v) is 4.30. The van der Waals surface area contributed by atoms with Gasteiger partial charge in [0.15, 0.2) is 10.6 Å². The molecule has 116 valence electrons. The van der Waals surface area contributed by atoms with Crippen molar-refractivity contribution in [2.75, 3.05) is 6.54 Å². The van der Waals surface area contributed by atoms with Crippen molar-refractivity contribution in [1.29, 1.82) is 0 Å². The van der Waals surface area contributed by atoms with Gasteiger partial charge in [-0.25, -0.2) is 0 Å². The lowest BCUT2D eigenvalue weighted by atomic mass is 10.2. The fourth-order valence-electron chi connectivity index (χ4n) is 1.91. The van der Waals surface area contributed by atoms with Gasteiger partial charge in [-0.05, 0) is 20.4 Å². The summed E-state index contributed by atoms with van der Waals surface area (Å²) < 4.78 is 1.94. The maximum atomic E-state index is 11.9. The van der Waals surface area contributed by atoms with Crippen molar-refractivity contribution in [2.24, 2.45) is 12.8 Å². The largest absolute Gasteiger partial charge is 0.364 e. The van der Waals surface area contributed by atoms with E-state index >= 15 is 0 Å². The number of nitrogens with one attached hydrogen (secondary N) is 1. The number of aromatic amines is 1. The molecule has 0 saturated heterocycles. The highest BCUT2D eigenvalue weighted by atomic mass is 35.5. The predicted octanol–water partition coefficient (Wildman–Crippen LogP) is 1.34. The first-order valence-corrected chi connectivity index (χ1v) is 7.42. The van der Waals surface area contributed by atoms with E-state index in [1.54, 1.807) is 18.0 Å². The summed E-state index contributed by atoms with van der Waals surface area (Å²) in [6, 6.07) is 0. The van der Waals surface area contributed by atoms with E-state index in [0.29, 0.717) is 18.7 Å². The summed E-state index contributed by atoms with van der Waals surface area (Å²) in [5, 5.41) is 9.09. The highest BCUT2D eigenvalue weighted by molar-refractivity contribution is 7.98. The molecule has 0 aromatic carbocycles. The lowest BCUT2D eigenvalue weighted by Gasteiger charge is -2.06. The molecule has 2 aromatic heterocycles. The van der Waals surface area contributed by atoms with Crippen LogP contribution in [0.2, 0.25) is 0 Å². The van der Waals surface area contributed by atoms with Gasteiger partial charge in [-0.15, -0.1) is 22.6 Å². The first kappa shape index (κ1) is 17.7. The number of hydrogen-bond acceptors (Lipinski definition) is 5. The predicted molar refractivity (Wildman–Crippen MR) is 87.1 cm³/mol. The van der Waals surface area contributed by atoms with Gasteiger partial charge in [0.1, 0.15) is 5.82 Å². The van der Waals surface area contributed by atoms with E-state index in [-0.39, 0.29) is 17.8 Å². The summed E-state index contributed by atoms with van der Waals surface area (Å²) in [6.45, 7) is 4.21. The van der Waals surface area contributed by atoms with Crippen molar-refractivity contribution >= 4 is 24.2 Å². The van der Waals surface area contributed by atoms with Crippen molar-refractivity contribution in [3.8, 4) is 0 Å². The topological polar surface area (TPSA) is 89.6 Å². The lowest BCUT2D eigenvalue weighted by molar-refractivity contribution is 0.726. The van der Waals surface area contributed by atoms with Gasteiger partial charge >= 0.3 is 0 Å². The van der Waals surface area contributed by atoms with Gasteiger partial charge in [-0.1, -0.05) is 11.8 Å². The van der Waals surface area contributed by atoms with E-state index in [0.717, 1.165) is 27.8 Å². The Hall–Kier alpha value is -1.31. The average Bonchev–Trinajstić information content (AvgIpc) is 2.77. The molecular weight excluding hydrogens is 310 g/mol. The van der Waals surface area contributed by atoms with Crippen LogP contribution in [0, 0.1) is 13.8 Å². The zero-order valence-electron chi connectivity index (χ0n) is 12.3. The molecule has 0 fully saturated rings. The van der Waals surface area contributed by atoms with E-state index in [2.05, 4.69) is 15.2 Å². The molecule has 21 heavy (non-hydrogen) atoms. The van der Waals surface area contributed by atoms with E-state index in [9.17, 15) is 4.79 Å². The molecule has 0 bridgehead atoms. The molecule has 2 rings (SSSR count). The Morgan fingerprint density at radius 3 is 2.76 bits per heavy atom. The second-order valence-corrected chi connectivity index (χ2v) is 5.63. The molecule has 0 spiro atoms. The fourth-order valence-corrected chi connectivity index (χ4v) is 2.88. The molecule has 2 heterocycles. The van der Waals surface area contributed by atoms with Crippen LogP contribution in [0.5, 0.6) is 0 Å². The molecule has 3 N–H and O–H groups in total. The van der Waals surface area contributed by atoms with E-state index < -0.39 is 0 Å². The van der Waals surface area contributed by atoms with Crippen LogP contribution in [0.15, 0.2) is 16.1 Å². The fraction of sp³-hybridized carbons (Fsp3) is 0.462. The van der Waals surface area contributed by atoms with Crippen molar-refractivity contribution in [2.45, 2.75) is 31.2 Å². The lowest BCUT2D eigenvalue weighted by Crippen LogP contribution is -2.12. The Morgan fingerprint density at radius 2 is 2.10 bits per heavy atom. The number of halogens is 1. The summed E-state index contributed by atoms with van der Waals surface area (Å²) in [5.74, 6) is 1.54. The van der Waals surface area contributed by atoms with Gasteiger partial charge in [-0.2, -0.15) is 0 Å². The molecule has 0 aliphatic carbocycles. The molecule has 0 unspecified atom stereocenters. The zero-order valence-corrected chi connectivity index (χ0v) is 14.0. The number of aryl methyl sites for hydroxylation is 1. The summed E-state index contributed by atoms with van der Waals surface area (Å²) in [4.78, 5) is 15.0. The number of thioether (sulfide) groups is 1. The highest BCUT2D eigenvalue weighted by Crippen LogP contribution is 2.21. The maximum absolute atomic E-state index is 11.9. The summed E-state index contributed by atoms with van der Waals surface area (Å²) in [7, 11) is 1.93. The van der Waals surface area contributed by atoms with Gasteiger partial charge in [-0.3, -0.25) is 4.79 Å². The Morgan fingerprint density at radius 1 is 1.38 bits per heavy atom. The second-order valence-electron chi connectivity index (χ2n) is 4.69. The minimum absolute atomic E-state index is 0. The molecule has 0 saturated carbocycles. The number of rotatable bonds is 5. The van der Waals surface area contributed by atoms with Crippen LogP contribution >= 0.6 is 24.2 Å². The Balaban J connectivity index is 0.00000220. The average molecular weight is 330 g/mol. The van der Waals surface area contributed by atoms with Crippen LogP contribution in [0.1, 0.15) is 22.6 Å². The standard InChI is InChI=1S/C13H19N5OS.ClH/c1-8-6-15-10(9(2)12(8)19)7-20-13-17-16-11(4-5-14)18(13)3;/h6H,4-5,7,14H2,1-3H3,(H,15,19);1H. The third-order valence-electron chi connectivity index (χ3n) is 3.25. The number of hydrogen-bond donors (Lipinski definition) is 2. The van der Waals surface area contributed by atoms with Crippen molar-refractivity contribution in [3.63, 3.8) is 0 Å². The summed E-state index contributed by atoms with van der Waals surface area (Å²) in [6.07, 6.45) is 2.46. The van der Waals surface area contributed by atoms with Gasteiger partial charge < -0.3 is 15.3 Å². The number of nitrogens with two attached hydrogens (primary N) is 1. The normalized spacial score (nSPS) is 10.5. The first-order valence-electron chi connectivity index (χ1n) is 6.43. The Bertz CT molecular complexity index is 667. The third kappa shape index (κ3) is 3.87. The molecule has 0 amide bonds. The number of H-pyrrole nitrogens is 1. The van der Waals surface area contributed by atoms with E-state index in [1.807, 2.05) is 25.5 Å². The monoisotopic (exact) mass is 329 g/mol. The number of aromatic nitrogens is 4. The van der Waals surface area contributed by atoms with Crippen LogP contribution in [0.25, 0.3) is 0 Å². The maximum Gasteiger partial charge on any atom is 0.191 e. The van der Waals surface area contributed by atoms with Gasteiger partial charge in [0.25, 0.3) is 0 Å². The van der Waals surface area contributed by atoms with Crippen molar-refractivity contribution in [1.82, 2.24) is 19.7 Å². The van der Waals surface area contributed by atoms with Crippen molar-refractivity contribution in [3.05, 3.63) is 39.1 Å².